The standard InChI is InChI=1S/C25H33N5O3S/c1-18-6-12-21(13-7-18)34(32,33)28-17-20-10-8-19(9-11-20)16-27-25-29-23-5-3-2-4-22(23)24(30-25)26-14-15-31/h2-7,12-13,19-20,28,31H,8-11,14-17H2,1H3,(H2,26,27,29,30). The Balaban J connectivity index is 1.27. The van der Waals surface area contributed by atoms with Gasteiger partial charge in [-0.3, -0.25) is 0 Å². The van der Waals surface area contributed by atoms with Gasteiger partial charge in [-0.2, -0.15) is 4.98 Å². The lowest BCUT2D eigenvalue weighted by molar-refractivity contribution is 0.284. The molecule has 2 aromatic carbocycles. The van der Waals surface area contributed by atoms with E-state index in [4.69, 9.17) is 5.11 Å². The van der Waals surface area contributed by atoms with Gasteiger partial charge in [0.25, 0.3) is 0 Å². The fourth-order valence-corrected chi connectivity index (χ4v) is 5.48. The minimum Gasteiger partial charge on any atom is -0.395 e. The molecule has 1 saturated carbocycles. The van der Waals surface area contributed by atoms with Crippen LogP contribution in [0.15, 0.2) is 53.4 Å². The van der Waals surface area contributed by atoms with Gasteiger partial charge < -0.3 is 15.7 Å². The monoisotopic (exact) mass is 483 g/mol. The van der Waals surface area contributed by atoms with Crippen molar-refractivity contribution in [3.05, 3.63) is 54.1 Å². The van der Waals surface area contributed by atoms with Crippen molar-refractivity contribution in [3.63, 3.8) is 0 Å². The molecule has 1 heterocycles. The normalized spacial score (nSPS) is 18.6. The van der Waals surface area contributed by atoms with E-state index in [1.165, 1.54) is 0 Å². The summed E-state index contributed by atoms with van der Waals surface area (Å²) in [5.41, 5.74) is 1.89. The number of aliphatic hydroxyl groups excluding tert-OH is 1. The fourth-order valence-electron chi connectivity index (χ4n) is 4.37. The number of benzene rings is 2. The molecule has 0 bridgehead atoms. The summed E-state index contributed by atoms with van der Waals surface area (Å²) in [6.07, 6.45) is 4.05. The highest BCUT2D eigenvalue weighted by Gasteiger charge is 2.23. The molecule has 0 atom stereocenters. The zero-order valence-electron chi connectivity index (χ0n) is 19.5. The smallest absolute Gasteiger partial charge is 0.240 e. The second-order valence-electron chi connectivity index (χ2n) is 9.00. The molecule has 4 N–H and O–H groups in total. The molecule has 0 spiro atoms. The van der Waals surface area contributed by atoms with Crippen molar-refractivity contribution in [2.45, 2.75) is 37.5 Å². The van der Waals surface area contributed by atoms with Gasteiger partial charge in [0.1, 0.15) is 5.82 Å². The first-order chi connectivity index (χ1) is 16.4. The van der Waals surface area contributed by atoms with Crippen LogP contribution in [0.4, 0.5) is 11.8 Å². The van der Waals surface area contributed by atoms with Crippen LogP contribution in [0, 0.1) is 18.8 Å². The Bertz CT molecular complexity index is 1190. The van der Waals surface area contributed by atoms with Gasteiger partial charge in [0.15, 0.2) is 0 Å². The number of aliphatic hydroxyl groups is 1. The Morgan fingerprint density at radius 2 is 1.59 bits per heavy atom. The van der Waals surface area contributed by atoms with Crippen LogP contribution in [0.2, 0.25) is 0 Å². The molecule has 1 aliphatic carbocycles. The van der Waals surface area contributed by atoms with E-state index in [-0.39, 0.29) is 6.61 Å². The Hall–Kier alpha value is -2.75. The van der Waals surface area contributed by atoms with Crippen LogP contribution in [-0.2, 0) is 10.0 Å². The van der Waals surface area contributed by atoms with Crippen LogP contribution >= 0.6 is 0 Å². The Morgan fingerprint density at radius 3 is 2.29 bits per heavy atom. The molecule has 9 heteroatoms. The van der Waals surface area contributed by atoms with Crippen molar-refractivity contribution in [1.82, 2.24) is 14.7 Å². The van der Waals surface area contributed by atoms with Gasteiger partial charge in [0.05, 0.1) is 17.0 Å². The minimum atomic E-state index is -3.47. The van der Waals surface area contributed by atoms with Gasteiger partial charge in [-0.15, -0.1) is 0 Å². The number of nitrogens with zero attached hydrogens (tertiary/aromatic N) is 2. The van der Waals surface area contributed by atoms with Crippen LogP contribution in [0.5, 0.6) is 0 Å². The lowest BCUT2D eigenvalue weighted by atomic mass is 9.82. The number of sulfonamides is 1. The van der Waals surface area contributed by atoms with E-state index in [9.17, 15) is 8.42 Å². The fraction of sp³-hybridized carbons (Fsp3) is 0.440. The van der Waals surface area contributed by atoms with Crippen molar-refractivity contribution < 1.29 is 13.5 Å². The molecular formula is C25H33N5O3S. The topological polar surface area (TPSA) is 116 Å². The molecule has 0 saturated heterocycles. The summed E-state index contributed by atoms with van der Waals surface area (Å²) in [6.45, 7) is 3.66. The van der Waals surface area contributed by atoms with Crippen LogP contribution in [0.3, 0.4) is 0 Å². The maximum Gasteiger partial charge on any atom is 0.240 e. The lowest BCUT2D eigenvalue weighted by Gasteiger charge is -2.28. The van der Waals surface area contributed by atoms with E-state index in [0.29, 0.717) is 41.6 Å². The number of anilines is 2. The average Bonchev–Trinajstić information content (AvgIpc) is 2.85. The first-order valence-electron chi connectivity index (χ1n) is 11.9. The molecule has 1 aliphatic rings. The zero-order chi connectivity index (χ0) is 24.0. The third kappa shape index (κ3) is 6.22. The van der Waals surface area contributed by atoms with Crippen molar-refractivity contribution in [2.24, 2.45) is 11.8 Å². The maximum atomic E-state index is 12.5. The summed E-state index contributed by atoms with van der Waals surface area (Å²) in [6, 6.07) is 14.8. The summed E-state index contributed by atoms with van der Waals surface area (Å²) in [4.78, 5) is 9.56. The summed E-state index contributed by atoms with van der Waals surface area (Å²) in [5.74, 6) is 2.13. The lowest BCUT2D eigenvalue weighted by Crippen LogP contribution is -2.32. The average molecular weight is 484 g/mol. The number of rotatable bonds is 10. The Kier molecular flexibility index (Phi) is 7.97. The largest absolute Gasteiger partial charge is 0.395 e. The molecule has 0 amide bonds. The van der Waals surface area contributed by atoms with Crippen molar-refractivity contribution in [3.8, 4) is 0 Å². The molecule has 4 rings (SSSR count). The molecule has 3 aromatic rings. The van der Waals surface area contributed by atoms with Gasteiger partial charge in [-0.25, -0.2) is 18.1 Å². The second kappa shape index (κ2) is 11.1. The highest BCUT2D eigenvalue weighted by molar-refractivity contribution is 7.89. The summed E-state index contributed by atoms with van der Waals surface area (Å²) in [7, 11) is -3.47. The molecule has 0 radical (unpaired) electrons. The predicted molar refractivity (Wildman–Crippen MR) is 135 cm³/mol. The third-order valence-electron chi connectivity index (χ3n) is 6.42. The van der Waals surface area contributed by atoms with E-state index in [1.807, 2.05) is 43.3 Å². The molecule has 182 valence electrons. The number of fused-ring (bicyclic) bond motifs is 1. The van der Waals surface area contributed by atoms with E-state index >= 15 is 0 Å². The molecule has 0 aliphatic heterocycles. The third-order valence-corrected chi connectivity index (χ3v) is 7.86. The van der Waals surface area contributed by atoms with Crippen molar-refractivity contribution in [2.75, 3.05) is 36.9 Å². The first-order valence-corrected chi connectivity index (χ1v) is 13.3. The number of hydrogen-bond acceptors (Lipinski definition) is 7. The van der Waals surface area contributed by atoms with Gasteiger partial charge in [-0.1, -0.05) is 29.8 Å². The van der Waals surface area contributed by atoms with Gasteiger partial charge in [0.2, 0.25) is 16.0 Å². The van der Waals surface area contributed by atoms with Crippen LogP contribution in [0.1, 0.15) is 31.2 Å². The van der Waals surface area contributed by atoms with Gasteiger partial charge >= 0.3 is 0 Å². The van der Waals surface area contributed by atoms with E-state index in [2.05, 4.69) is 25.3 Å². The Morgan fingerprint density at radius 1 is 0.912 bits per heavy atom. The van der Waals surface area contributed by atoms with Crippen LogP contribution in [-0.4, -0.2) is 49.7 Å². The molecule has 1 aromatic heterocycles. The number of hydrogen-bond donors (Lipinski definition) is 4. The Labute approximate surface area is 201 Å². The molecule has 0 unspecified atom stereocenters. The predicted octanol–water partition coefficient (Wildman–Crippen LogP) is 3.54. The highest BCUT2D eigenvalue weighted by atomic mass is 32.2. The maximum absolute atomic E-state index is 12.5. The number of aromatic nitrogens is 2. The summed E-state index contributed by atoms with van der Waals surface area (Å²) >= 11 is 0. The SMILES string of the molecule is Cc1ccc(S(=O)(=O)NCC2CCC(CNc3nc(NCCO)c4ccccc4n3)CC2)cc1. The summed E-state index contributed by atoms with van der Waals surface area (Å²) < 4.78 is 27.9. The van der Waals surface area contributed by atoms with E-state index < -0.39 is 10.0 Å². The van der Waals surface area contributed by atoms with E-state index in [1.54, 1.807) is 12.1 Å². The number of para-hydroxylation sites is 1. The van der Waals surface area contributed by atoms with Crippen LogP contribution < -0.4 is 15.4 Å². The molecule has 34 heavy (non-hydrogen) atoms. The number of nitrogens with one attached hydrogen (secondary N) is 3. The van der Waals surface area contributed by atoms with Crippen molar-refractivity contribution >= 4 is 32.7 Å². The molecule has 8 nitrogen and oxygen atoms in total. The second-order valence-corrected chi connectivity index (χ2v) is 10.8. The van der Waals surface area contributed by atoms with Gasteiger partial charge in [-0.05, 0) is 68.7 Å². The molecular weight excluding hydrogens is 450 g/mol. The zero-order valence-corrected chi connectivity index (χ0v) is 20.3. The highest BCUT2D eigenvalue weighted by Crippen LogP contribution is 2.29. The minimum absolute atomic E-state index is 0.0332. The quantitative estimate of drug-likeness (QED) is 0.348. The molecule has 1 fully saturated rings. The summed E-state index contributed by atoms with van der Waals surface area (Å²) in [5, 5.41) is 16.6. The van der Waals surface area contributed by atoms with Crippen LogP contribution in [0.25, 0.3) is 10.9 Å². The van der Waals surface area contributed by atoms with Gasteiger partial charge in [0, 0.05) is 25.0 Å². The first kappa shape index (κ1) is 24.4. The number of aryl methyl sites for hydroxylation is 1. The van der Waals surface area contributed by atoms with Crippen molar-refractivity contribution in [1.29, 1.82) is 0 Å². The van der Waals surface area contributed by atoms with E-state index in [0.717, 1.165) is 48.7 Å².